The van der Waals surface area contributed by atoms with Crippen LogP contribution in [-0.4, -0.2) is 31.0 Å². The summed E-state index contributed by atoms with van der Waals surface area (Å²) >= 11 is 0. The van der Waals surface area contributed by atoms with Crippen molar-refractivity contribution in [1.29, 1.82) is 0 Å². The second-order valence-electron chi connectivity index (χ2n) is 3.94. The number of hydrogen-bond donors (Lipinski definition) is 1. The minimum Gasteiger partial charge on any atom is -0.481 e. The topological polar surface area (TPSA) is 71.4 Å². The van der Waals surface area contributed by atoms with Gasteiger partial charge in [0.2, 0.25) is 0 Å². The lowest BCUT2D eigenvalue weighted by molar-refractivity contribution is -0.137. The van der Waals surface area contributed by atoms with E-state index in [0.717, 1.165) is 6.42 Å². The van der Waals surface area contributed by atoms with Gasteiger partial charge in [0, 0.05) is 6.42 Å². The fraction of sp³-hybridized carbons (Fsp3) is 0.889. The third-order valence-corrected chi connectivity index (χ3v) is 4.73. The van der Waals surface area contributed by atoms with E-state index in [-0.39, 0.29) is 29.8 Å². The molecule has 0 spiro atoms. The Kier molecular flexibility index (Phi) is 3.53. The van der Waals surface area contributed by atoms with Crippen LogP contribution in [-0.2, 0) is 14.6 Å². The van der Waals surface area contributed by atoms with Crippen molar-refractivity contribution >= 4 is 15.8 Å². The predicted molar refractivity (Wildman–Crippen MR) is 52.8 cm³/mol. The van der Waals surface area contributed by atoms with Gasteiger partial charge in [-0.15, -0.1) is 0 Å². The fourth-order valence-corrected chi connectivity index (χ4v) is 3.71. The summed E-state index contributed by atoms with van der Waals surface area (Å²) in [7, 11) is -2.77. The van der Waals surface area contributed by atoms with Crippen LogP contribution in [0.25, 0.3) is 0 Å². The van der Waals surface area contributed by atoms with E-state index in [2.05, 4.69) is 0 Å². The minimum atomic E-state index is -2.77. The van der Waals surface area contributed by atoms with Gasteiger partial charge in [-0.3, -0.25) is 4.79 Å². The molecule has 1 aliphatic heterocycles. The molecule has 1 fully saturated rings. The van der Waals surface area contributed by atoms with Gasteiger partial charge < -0.3 is 5.11 Å². The maximum absolute atomic E-state index is 10.9. The number of hydrogen-bond acceptors (Lipinski definition) is 3. The van der Waals surface area contributed by atoms with Gasteiger partial charge in [-0.25, -0.2) is 8.42 Å². The van der Waals surface area contributed by atoms with Crippen molar-refractivity contribution in [2.24, 2.45) is 11.8 Å². The molecule has 1 saturated heterocycles. The second kappa shape index (κ2) is 4.29. The highest BCUT2D eigenvalue weighted by Gasteiger charge is 2.37. The molecule has 0 aromatic carbocycles. The van der Waals surface area contributed by atoms with Crippen molar-refractivity contribution in [3.05, 3.63) is 0 Å². The molecule has 0 amide bonds. The Balaban J connectivity index is 2.37. The van der Waals surface area contributed by atoms with Crippen molar-refractivity contribution in [3.63, 3.8) is 0 Å². The lowest BCUT2D eigenvalue weighted by atomic mass is 9.88. The van der Waals surface area contributed by atoms with Crippen LogP contribution < -0.4 is 0 Å². The van der Waals surface area contributed by atoms with Gasteiger partial charge in [-0.1, -0.05) is 13.3 Å². The summed E-state index contributed by atoms with van der Waals surface area (Å²) in [5.74, 6) is 0.167. The molecular formula is C9H16O4S. The largest absolute Gasteiger partial charge is 0.481 e. The fourth-order valence-electron chi connectivity index (χ4n) is 1.96. The van der Waals surface area contributed by atoms with Gasteiger partial charge in [0.25, 0.3) is 0 Å². The van der Waals surface area contributed by atoms with Crippen LogP contribution >= 0.6 is 0 Å². The lowest BCUT2D eigenvalue weighted by Gasteiger charge is -2.32. The van der Waals surface area contributed by atoms with Crippen LogP contribution in [0.4, 0.5) is 0 Å². The molecule has 1 unspecified atom stereocenters. The first-order valence-corrected chi connectivity index (χ1v) is 6.69. The van der Waals surface area contributed by atoms with Crippen LogP contribution in [0.1, 0.15) is 26.2 Å². The first kappa shape index (κ1) is 11.5. The lowest BCUT2D eigenvalue weighted by Crippen LogP contribution is -2.41. The Labute approximate surface area is 84.2 Å². The third kappa shape index (κ3) is 2.97. The Hall–Kier alpha value is -0.580. The van der Waals surface area contributed by atoms with Gasteiger partial charge in [0.1, 0.15) is 0 Å². The number of carboxylic acid groups (broad SMARTS) is 1. The molecule has 0 bridgehead atoms. The van der Waals surface area contributed by atoms with Crippen molar-refractivity contribution in [2.75, 3.05) is 11.5 Å². The summed E-state index contributed by atoms with van der Waals surface area (Å²) in [6.45, 7) is 1.98. The van der Waals surface area contributed by atoms with Crippen molar-refractivity contribution < 1.29 is 18.3 Å². The van der Waals surface area contributed by atoms with E-state index in [1.54, 1.807) is 0 Å². The van der Waals surface area contributed by atoms with Crippen molar-refractivity contribution in [2.45, 2.75) is 26.2 Å². The van der Waals surface area contributed by atoms with Crippen molar-refractivity contribution in [1.82, 2.24) is 0 Å². The maximum atomic E-state index is 10.9. The Morgan fingerprint density at radius 3 is 2.43 bits per heavy atom. The summed E-state index contributed by atoms with van der Waals surface area (Å²) in [6.07, 6.45) is 1.62. The Morgan fingerprint density at radius 1 is 1.50 bits per heavy atom. The van der Waals surface area contributed by atoms with E-state index in [4.69, 9.17) is 5.11 Å². The Morgan fingerprint density at radius 2 is 2.07 bits per heavy atom. The number of carbonyl (C=O) groups is 1. The minimum absolute atomic E-state index is 0.148. The zero-order valence-electron chi connectivity index (χ0n) is 8.27. The van der Waals surface area contributed by atoms with E-state index in [1.165, 1.54) is 0 Å². The monoisotopic (exact) mass is 220 g/mol. The standard InChI is InChI=1S/C9H16O4S/c1-2-7(3-4-9(10)11)8-5-14(12,13)6-8/h7-8H,2-6H2,1H3,(H,10,11). The molecule has 0 radical (unpaired) electrons. The molecule has 0 saturated carbocycles. The molecule has 82 valence electrons. The van der Waals surface area contributed by atoms with E-state index >= 15 is 0 Å². The first-order chi connectivity index (χ1) is 6.44. The zero-order chi connectivity index (χ0) is 10.8. The number of rotatable bonds is 5. The van der Waals surface area contributed by atoms with Crippen LogP contribution in [0.15, 0.2) is 0 Å². The highest BCUT2D eigenvalue weighted by molar-refractivity contribution is 7.92. The number of carboxylic acids is 1. The summed E-state index contributed by atoms with van der Waals surface area (Å²) in [6, 6.07) is 0. The predicted octanol–water partition coefficient (Wildman–Crippen LogP) is 0.922. The normalized spacial score (nSPS) is 22.6. The summed E-state index contributed by atoms with van der Waals surface area (Å²) in [5.41, 5.74) is 0. The Bertz CT molecular complexity index is 295. The summed E-state index contributed by atoms with van der Waals surface area (Å²) < 4.78 is 21.9. The molecule has 1 N–H and O–H groups in total. The van der Waals surface area contributed by atoms with Crippen LogP contribution in [0, 0.1) is 11.8 Å². The number of sulfone groups is 1. The quantitative estimate of drug-likeness (QED) is 0.748. The van der Waals surface area contributed by atoms with Gasteiger partial charge in [-0.2, -0.15) is 0 Å². The van der Waals surface area contributed by atoms with Gasteiger partial charge in [-0.05, 0) is 18.3 Å². The number of aliphatic carboxylic acids is 1. The van der Waals surface area contributed by atoms with Crippen molar-refractivity contribution in [3.8, 4) is 0 Å². The van der Waals surface area contributed by atoms with E-state index in [9.17, 15) is 13.2 Å². The molecule has 1 atom stereocenters. The summed E-state index contributed by atoms with van der Waals surface area (Å²) in [5, 5.41) is 8.51. The second-order valence-corrected chi connectivity index (χ2v) is 6.09. The molecule has 1 heterocycles. The molecule has 1 aliphatic rings. The van der Waals surface area contributed by atoms with Gasteiger partial charge in [0.15, 0.2) is 9.84 Å². The van der Waals surface area contributed by atoms with E-state index < -0.39 is 15.8 Å². The molecule has 0 aromatic heterocycles. The molecule has 4 nitrogen and oxygen atoms in total. The maximum Gasteiger partial charge on any atom is 0.303 e. The molecule has 0 aliphatic carbocycles. The molecular weight excluding hydrogens is 204 g/mol. The van der Waals surface area contributed by atoms with Gasteiger partial charge >= 0.3 is 5.97 Å². The highest BCUT2D eigenvalue weighted by atomic mass is 32.2. The van der Waals surface area contributed by atoms with Crippen LogP contribution in [0.3, 0.4) is 0 Å². The van der Waals surface area contributed by atoms with E-state index in [0.29, 0.717) is 6.42 Å². The van der Waals surface area contributed by atoms with Crippen LogP contribution in [0.5, 0.6) is 0 Å². The smallest absolute Gasteiger partial charge is 0.303 e. The first-order valence-electron chi connectivity index (χ1n) is 4.87. The highest BCUT2D eigenvalue weighted by Crippen LogP contribution is 2.31. The van der Waals surface area contributed by atoms with Crippen LogP contribution in [0.2, 0.25) is 0 Å². The third-order valence-electron chi connectivity index (χ3n) is 2.86. The molecule has 1 rings (SSSR count). The SMILES string of the molecule is CCC(CCC(=O)O)C1CS(=O)(=O)C1. The molecule has 5 heteroatoms. The zero-order valence-corrected chi connectivity index (χ0v) is 9.09. The molecule has 0 aromatic rings. The molecule has 14 heavy (non-hydrogen) atoms. The average Bonchev–Trinajstić information content (AvgIpc) is 2.01. The van der Waals surface area contributed by atoms with E-state index in [1.807, 2.05) is 6.92 Å². The van der Waals surface area contributed by atoms with Gasteiger partial charge in [0.05, 0.1) is 11.5 Å². The average molecular weight is 220 g/mol. The summed E-state index contributed by atoms with van der Waals surface area (Å²) in [4.78, 5) is 10.4.